The van der Waals surface area contributed by atoms with Crippen LogP contribution in [-0.4, -0.2) is 19.5 Å². The maximum atomic E-state index is 13.9. The van der Waals surface area contributed by atoms with Crippen LogP contribution >= 0.6 is 0 Å². The number of para-hydroxylation sites is 1. The van der Waals surface area contributed by atoms with E-state index in [4.69, 9.17) is 15.0 Å². The van der Waals surface area contributed by atoms with Crippen LogP contribution in [-0.2, 0) is 6.18 Å². The van der Waals surface area contributed by atoms with Gasteiger partial charge in [-0.25, -0.2) is 15.0 Å². The second-order valence-electron chi connectivity index (χ2n) is 11.5. The molecule has 0 amide bonds. The van der Waals surface area contributed by atoms with Crippen LogP contribution in [0.3, 0.4) is 0 Å². The lowest BCUT2D eigenvalue weighted by molar-refractivity contribution is -0.137. The zero-order valence-corrected chi connectivity index (χ0v) is 25.7. The Bertz CT molecular complexity index is 2480. The molecule has 0 saturated heterocycles. The summed E-state index contributed by atoms with van der Waals surface area (Å²) < 4.78 is 43.6. The molecule has 234 valence electrons. The van der Waals surface area contributed by atoms with Crippen molar-refractivity contribution in [3.05, 3.63) is 157 Å². The Morgan fingerprint density at radius 2 is 1.08 bits per heavy atom. The highest BCUT2D eigenvalue weighted by molar-refractivity contribution is 6.10. The quantitative estimate of drug-likeness (QED) is 0.187. The predicted octanol–water partition coefficient (Wildman–Crippen LogP) is 10.5. The molecule has 8 rings (SSSR count). The lowest BCUT2D eigenvalue weighted by atomic mass is 10.00. The SMILES string of the molecule is N#Cc1ccc(-c2ccc(-n3c4ccccc4c4cc(C(F)(F)F)ccc43)c(-c3nc(-c4ccccc4)nc(-c4ccccc4)n3)c2)cc1. The van der Waals surface area contributed by atoms with Crippen molar-refractivity contribution < 1.29 is 13.2 Å². The molecule has 2 heterocycles. The fraction of sp³-hybridized carbons (Fsp3) is 0.0244. The smallest absolute Gasteiger partial charge is 0.309 e. The third kappa shape index (κ3) is 5.47. The molecule has 0 saturated carbocycles. The lowest BCUT2D eigenvalue weighted by Gasteiger charge is -2.16. The minimum atomic E-state index is -4.49. The van der Waals surface area contributed by atoms with E-state index in [1.54, 1.807) is 12.1 Å². The normalized spacial score (nSPS) is 11.6. The van der Waals surface area contributed by atoms with Gasteiger partial charge >= 0.3 is 6.18 Å². The molecule has 0 spiro atoms. The summed E-state index contributed by atoms with van der Waals surface area (Å²) in [4.78, 5) is 14.9. The van der Waals surface area contributed by atoms with Crippen LogP contribution < -0.4 is 0 Å². The molecular weight excluding hydrogens is 619 g/mol. The number of halogens is 3. The zero-order valence-electron chi connectivity index (χ0n) is 25.7. The van der Waals surface area contributed by atoms with Crippen molar-refractivity contribution in [2.75, 3.05) is 0 Å². The molecule has 0 fully saturated rings. The van der Waals surface area contributed by atoms with Crippen LogP contribution in [0.1, 0.15) is 11.1 Å². The molecule has 0 N–H and O–H groups in total. The number of nitrogens with zero attached hydrogens (tertiary/aromatic N) is 5. The van der Waals surface area contributed by atoms with Gasteiger partial charge in [0, 0.05) is 27.5 Å². The van der Waals surface area contributed by atoms with Crippen LogP contribution in [0, 0.1) is 11.3 Å². The maximum Gasteiger partial charge on any atom is 0.416 e. The monoisotopic (exact) mass is 643 g/mol. The molecule has 5 nitrogen and oxygen atoms in total. The fourth-order valence-electron chi connectivity index (χ4n) is 6.16. The van der Waals surface area contributed by atoms with Gasteiger partial charge in [-0.15, -0.1) is 0 Å². The Balaban J connectivity index is 1.44. The van der Waals surface area contributed by atoms with Gasteiger partial charge in [0.25, 0.3) is 0 Å². The lowest BCUT2D eigenvalue weighted by Crippen LogP contribution is -2.05. The van der Waals surface area contributed by atoms with Gasteiger partial charge in [0.05, 0.1) is 33.9 Å². The van der Waals surface area contributed by atoms with Crippen molar-refractivity contribution in [3.63, 3.8) is 0 Å². The fourth-order valence-corrected chi connectivity index (χ4v) is 6.16. The topological polar surface area (TPSA) is 67.4 Å². The van der Waals surface area contributed by atoms with Gasteiger partial charge < -0.3 is 4.57 Å². The Morgan fingerprint density at radius 1 is 0.510 bits per heavy atom. The number of nitriles is 1. The highest BCUT2D eigenvalue weighted by Crippen LogP contribution is 2.40. The first-order chi connectivity index (χ1) is 23.9. The summed E-state index contributed by atoms with van der Waals surface area (Å²) in [6.45, 7) is 0. The van der Waals surface area contributed by atoms with Gasteiger partial charge in [-0.05, 0) is 59.7 Å². The predicted molar refractivity (Wildman–Crippen MR) is 186 cm³/mol. The van der Waals surface area contributed by atoms with E-state index in [-0.39, 0.29) is 0 Å². The molecule has 0 aliphatic rings. The Kier molecular flexibility index (Phi) is 7.23. The van der Waals surface area contributed by atoms with Crippen LogP contribution in [0.5, 0.6) is 0 Å². The molecule has 2 aromatic heterocycles. The molecule has 0 aliphatic carbocycles. The van der Waals surface area contributed by atoms with E-state index in [0.29, 0.717) is 50.6 Å². The van der Waals surface area contributed by atoms with Crippen molar-refractivity contribution in [2.24, 2.45) is 0 Å². The number of aromatic nitrogens is 4. The first kappa shape index (κ1) is 29.8. The standard InChI is InChI=1S/C41H24F3N5/c42-41(43,44)31-20-22-36-33(24-31)32-13-7-8-14-35(32)49(36)37-21-19-30(27-17-15-26(25-45)16-18-27)23-34(37)40-47-38(28-9-3-1-4-10-28)46-39(48-40)29-11-5-2-6-12-29/h1-24H. The molecule has 8 heteroatoms. The van der Waals surface area contributed by atoms with Gasteiger partial charge in [0.1, 0.15) is 0 Å². The van der Waals surface area contributed by atoms with E-state index in [0.717, 1.165) is 33.8 Å². The highest BCUT2D eigenvalue weighted by atomic mass is 19.4. The summed E-state index contributed by atoms with van der Waals surface area (Å²) in [5, 5.41) is 10.5. The minimum absolute atomic E-state index is 0.399. The van der Waals surface area contributed by atoms with Crippen molar-refractivity contribution in [1.82, 2.24) is 19.5 Å². The van der Waals surface area contributed by atoms with Crippen LogP contribution in [0.15, 0.2) is 146 Å². The molecule has 0 atom stereocenters. The molecule has 0 radical (unpaired) electrons. The molecule has 0 aliphatic heterocycles. The van der Waals surface area contributed by atoms with Crippen molar-refractivity contribution >= 4 is 21.8 Å². The minimum Gasteiger partial charge on any atom is -0.309 e. The number of alkyl halides is 3. The summed E-state index contributed by atoms with van der Waals surface area (Å²) in [5.41, 5.74) is 5.88. The molecular formula is C41H24F3N5. The molecule has 49 heavy (non-hydrogen) atoms. The second-order valence-corrected chi connectivity index (χ2v) is 11.5. The number of hydrogen-bond donors (Lipinski definition) is 0. The number of benzene rings is 6. The van der Waals surface area contributed by atoms with Gasteiger partial charge in [0.2, 0.25) is 0 Å². The average molecular weight is 644 g/mol. The van der Waals surface area contributed by atoms with E-state index < -0.39 is 11.7 Å². The van der Waals surface area contributed by atoms with Gasteiger partial charge in [0.15, 0.2) is 17.5 Å². The first-order valence-corrected chi connectivity index (χ1v) is 15.5. The van der Waals surface area contributed by atoms with Crippen molar-refractivity contribution in [3.8, 4) is 57.0 Å². The van der Waals surface area contributed by atoms with Crippen LogP contribution in [0.25, 0.3) is 72.8 Å². The Labute approximate surface area is 279 Å². The van der Waals surface area contributed by atoms with Gasteiger partial charge in [-0.3, -0.25) is 0 Å². The zero-order chi connectivity index (χ0) is 33.5. The van der Waals surface area contributed by atoms with E-state index in [2.05, 4.69) is 6.07 Å². The molecule has 0 unspecified atom stereocenters. The van der Waals surface area contributed by atoms with E-state index in [1.807, 2.05) is 120 Å². The third-order valence-electron chi connectivity index (χ3n) is 8.52. The van der Waals surface area contributed by atoms with Crippen LogP contribution in [0.2, 0.25) is 0 Å². The second kappa shape index (κ2) is 11.9. The Morgan fingerprint density at radius 3 is 1.71 bits per heavy atom. The molecule has 0 bridgehead atoms. The van der Waals surface area contributed by atoms with Crippen LogP contribution in [0.4, 0.5) is 13.2 Å². The first-order valence-electron chi connectivity index (χ1n) is 15.5. The summed E-state index contributed by atoms with van der Waals surface area (Å²) in [7, 11) is 0. The summed E-state index contributed by atoms with van der Waals surface area (Å²) in [6, 6.07) is 45.9. The van der Waals surface area contributed by atoms with Crippen molar-refractivity contribution in [1.29, 1.82) is 5.26 Å². The van der Waals surface area contributed by atoms with E-state index in [1.165, 1.54) is 12.1 Å². The number of hydrogen-bond acceptors (Lipinski definition) is 4. The largest absolute Gasteiger partial charge is 0.416 e. The van der Waals surface area contributed by atoms with E-state index in [9.17, 15) is 18.4 Å². The number of rotatable bonds is 5. The summed E-state index contributed by atoms with van der Waals surface area (Å²) >= 11 is 0. The maximum absolute atomic E-state index is 13.9. The highest BCUT2D eigenvalue weighted by Gasteiger charge is 2.31. The molecule has 6 aromatic carbocycles. The van der Waals surface area contributed by atoms with Gasteiger partial charge in [-0.2, -0.15) is 18.4 Å². The summed E-state index contributed by atoms with van der Waals surface area (Å²) in [6.07, 6.45) is -4.49. The Hall–Kier alpha value is -6.59. The van der Waals surface area contributed by atoms with E-state index >= 15 is 0 Å². The van der Waals surface area contributed by atoms with Gasteiger partial charge in [-0.1, -0.05) is 97.1 Å². The number of fused-ring (bicyclic) bond motifs is 3. The van der Waals surface area contributed by atoms with Crippen molar-refractivity contribution in [2.45, 2.75) is 6.18 Å². The average Bonchev–Trinajstić information content (AvgIpc) is 3.48. The molecule has 8 aromatic rings. The third-order valence-corrected chi connectivity index (χ3v) is 8.52. The summed E-state index contributed by atoms with van der Waals surface area (Å²) in [5.74, 6) is 1.36.